The van der Waals surface area contributed by atoms with Crippen molar-refractivity contribution >= 4 is 27.5 Å². The van der Waals surface area contributed by atoms with Crippen molar-refractivity contribution in [3.63, 3.8) is 0 Å². The van der Waals surface area contributed by atoms with Gasteiger partial charge in [0.1, 0.15) is 10.7 Å². The Balaban J connectivity index is 1.46. The Hall–Kier alpha value is -2.68. The van der Waals surface area contributed by atoms with E-state index >= 15 is 0 Å². The molecule has 33 heavy (non-hydrogen) atoms. The van der Waals surface area contributed by atoms with Gasteiger partial charge in [-0.15, -0.1) is 0 Å². The van der Waals surface area contributed by atoms with Gasteiger partial charge in [0.15, 0.2) is 0 Å². The van der Waals surface area contributed by atoms with E-state index in [2.05, 4.69) is 10.3 Å². The molecule has 1 aliphatic rings. The molecule has 174 valence electrons. The fourth-order valence-electron chi connectivity index (χ4n) is 3.97. The largest absolute Gasteiger partial charge is 0.348 e. The number of halogens is 1. The second kappa shape index (κ2) is 10.1. The molecule has 4 rings (SSSR count). The lowest BCUT2D eigenvalue weighted by Crippen LogP contribution is -2.32. The number of imidazole rings is 1. The normalized spacial score (nSPS) is 15.2. The van der Waals surface area contributed by atoms with E-state index in [4.69, 9.17) is 11.6 Å². The molecule has 1 aliphatic heterocycles. The van der Waals surface area contributed by atoms with Crippen LogP contribution < -0.4 is 5.32 Å². The Labute approximate surface area is 199 Å². The molecule has 1 fully saturated rings. The lowest BCUT2D eigenvalue weighted by Gasteiger charge is -2.21. The molecule has 1 N–H and O–H groups in total. The molecule has 1 aromatic heterocycles. The summed E-state index contributed by atoms with van der Waals surface area (Å²) in [6, 6.07) is 12.2. The Morgan fingerprint density at radius 2 is 1.76 bits per heavy atom. The molecule has 0 spiro atoms. The Morgan fingerprint density at radius 1 is 1.06 bits per heavy atom. The number of aromatic nitrogens is 2. The van der Waals surface area contributed by atoms with E-state index in [0.717, 1.165) is 42.8 Å². The minimum absolute atomic E-state index is 0.0150. The molecule has 7 nitrogen and oxygen atoms in total. The van der Waals surface area contributed by atoms with Gasteiger partial charge in [-0.1, -0.05) is 36.6 Å². The topological polar surface area (TPSA) is 84.3 Å². The second-order valence-corrected chi connectivity index (χ2v) is 10.5. The summed E-state index contributed by atoms with van der Waals surface area (Å²) in [6.07, 6.45) is 7.34. The van der Waals surface area contributed by atoms with Crippen LogP contribution in [0.5, 0.6) is 0 Å². The molecule has 0 radical (unpaired) electrons. The zero-order valence-corrected chi connectivity index (χ0v) is 20.1. The van der Waals surface area contributed by atoms with Crippen LogP contribution in [-0.2, 0) is 16.6 Å². The van der Waals surface area contributed by atoms with Gasteiger partial charge >= 0.3 is 0 Å². The first-order chi connectivity index (χ1) is 15.9. The molecule has 2 heterocycles. The van der Waals surface area contributed by atoms with Crippen LogP contribution in [-0.4, -0.2) is 41.3 Å². The highest BCUT2D eigenvalue weighted by Gasteiger charge is 2.28. The van der Waals surface area contributed by atoms with Crippen LogP contribution in [0.4, 0.5) is 0 Å². The van der Waals surface area contributed by atoms with E-state index in [9.17, 15) is 13.2 Å². The SMILES string of the molecule is Cc1nccn1-c1ccc(CNC(=O)c2ccc(Cl)c(S(=O)(=O)N3CCCCCC3)c2)cc1. The fraction of sp³-hybridized carbons (Fsp3) is 0.333. The molecule has 3 aromatic rings. The van der Waals surface area contributed by atoms with E-state index in [0.29, 0.717) is 19.6 Å². The number of carbonyl (C=O) groups is 1. The first kappa shape index (κ1) is 23.5. The monoisotopic (exact) mass is 486 g/mol. The molecule has 0 unspecified atom stereocenters. The lowest BCUT2D eigenvalue weighted by atomic mass is 10.1. The summed E-state index contributed by atoms with van der Waals surface area (Å²) >= 11 is 6.24. The number of sulfonamides is 1. The summed E-state index contributed by atoms with van der Waals surface area (Å²) in [5.74, 6) is 0.540. The molecule has 1 saturated heterocycles. The van der Waals surface area contributed by atoms with Crippen LogP contribution in [0.2, 0.25) is 5.02 Å². The average Bonchev–Trinajstić information content (AvgIpc) is 3.06. The quantitative estimate of drug-likeness (QED) is 0.562. The van der Waals surface area contributed by atoms with Gasteiger partial charge in [-0.05, 0) is 55.7 Å². The van der Waals surface area contributed by atoms with Gasteiger partial charge in [-0.3, -0.25) is 4.79 Å². The van der Waals surface area contributed by atoms with E-state index in [1.807, 2.05) is 42.0 Å². The van der Waals surface area contributed by atoms with Gasteiger partial charge in [0.2, 0.25) is 10.0 Å². The van der Waals surface area contributed by atoms with Gasteiger partial charge in [0.05, 0.1) is 5.02 Å². The van der Waals surface area contributed by atoms with Crippen molar-refractivity contribution in [2.24, 2.45) is 0 Å². The minimum Gasteiger partial charge on any atom is -0.348 e. The number of amides is 1. The summed E-state index contributed by atoms with van der Waals surface area (Å²) in [5.41, 5.74) is 2.18. The highest BCUT2D eigenvalue weighted by atomic mass is 35.5. The van der Waals surface area contributed by atoms with E-state index < -0.39 is 10.0 Å². The minimum atomic E-state index is -3.76. The summed E-state index contributed by atoms with van der Waals surface area (Å²) in [6.45, 7) is 3.20. The number of nitrogens with one attached hydrogen (secondary N) is 1. The Bertz CT molecular complexity index is 1230. The zero-order chi connectivity index (χ0) is 23.4. The van der Waals surface area contributed by atoms with Gasteiger partial charge in [-0.25, -0.2) is 13.4 Å². The first-order valence-corrected chi connectivity index (χ1v) is 12.9. The first-order valence-electron chi connectivity index (χ1n) is 11.0. The lowest BCUT2D eigenvalue weighted by molar-refractivity contribution is 0.0950. The number of rotatable bonds is 6. The van der Waals surface area contributed by atoms with Gasteiger partial charge in [-0.2, -0.15) is 4.31 Å². The van der Waals surface area contributed by atoms with Crippen LogP contribution in [0, 0.1) is 6.92 Å². The van der Waals surface area contributed by atoms with Crippen LogP contribution >= 0.6 is 11.6 Å². The smallest absolute Gasteiger partial charge is 0.251 e. The predicted octanol–water partition coefficient (Wildman–Crippen LogP) is 4.33. The summed E-state index contributed by atoms with van der Waals surface area (Å²) in [5, 5.41) is 2.99. The number of nitrogens with zero attached hydrogens (tertiary/aromatic N) is 3. The summed E-state index contributed by atoms with van der Waals surface area (Å²) in [4.78, 5) is 17.0. The molecule has 2 aromatic carbocycles. The van der Waals surface area contributed by atoms with Crippen molar-refractivity contribution in [3.05, 3.63) is 76.8 Å². The third-order valence-electron chi connectivity index (χ3n) is 5.87. The van der Waals surface area contributed by atoms with Crippen molar-refractivity contribution < 1.29 is 13.2 Å². The highest BCUT2D eigenvalue weighted by Crippen LogP contribution is 2.27. The number of hydrogen-bond acceptors (Lipinski definition) is 4. The van der Waals surface area contributed by atoms with Crippen LogP contribution in [0.15, 0.2) is 59.8 Å². The van der Waals surface area contributed by atoms with Gasteiger partial charge in [0.25, 0.3) is 5.91 Å². The maximum atomic E-state index is 13.2. The molecule has 1 amide bonds. The molecule has 0 atom stereocenters. The number of carbonyl (C=O) groups excluding carboxylic acids is 1. The van der Waals surface area contributed by atoms with E-state index in [-0.39, 0.29) is 21.4 Å². The number of benzene rings is 2. The van der Waals surface area contributed by atoms with Crippen molar-refractivity contribution in [1.29, 1.82) is 0 Å². The summed E-state index contributed by atoms with van der Waals surface area (Å²) in [7, 11) is -3.76. The number of aryl methyl sites for hydroxylation is 1. The standard InChI is InChI=1S/C24H27ClN4O3S/c1-18-26-12-15-29(18)21-9-6-19(7-10-21)17-27-24(30)20-8-11-22(25)23(16-20)33(31,32)28-13-4-2-3-5-14-28/h6-12,15-16H,2-5,13-14,17H2,1H3,(H,27,30). The Morgan fingerprint density at radius 3 is 2.39 bits per heavy atom. The zero-order valence-electron chi connectivity index (χ0n) is 18.5. The third kappa shape index (κ3) is 5.29. The molecule has 0 aliphatic carbocycles. The van der Waals surface area contributed by atoms with Crippen molar-refractivity contribution in [3.8, 4) is 5.69 Å². The van der Waals surface area contributed by atoms with Crippen LogP contribution in [0.25, 0.3) is 5.69 Å². The highest BCUT2D eigenvalue weighted by molar-refractivity contribution is 7.89. The average molecular weight is 487 g/mol. The fourth-order valence-corrected chi connectivity index (χ4v) is 5.99. The maximum absolute atomic E-state index is 13.2. The van der Waals surface area contributed by atoms with E-state index in [1.165, 1.54) is 16.4 Å². The van der Waals surface area contributed by atoms with Gasteiger partial charge in [0, 0.05) is 43.3 Å². The van der Waals surface area contributed by atoms with Crippen molar-refractivity contribution in [1.82, 2.24) is 19.2 Å². The Kier molecular flexibility index (Phi) is 7.17. The van der Waals surface area contributed by atoms with Gasteiger partial charge < -0.3 is 9.88 Å². The third-order valence-corrected chi connectivity index (χ3v) is 8.25. The van der Waals surface area contributed by atoms with Crippen molar-refractivity contribution in [2.75, 3.05) is 13.1 Å². The molecule has 9 heteroatoms. The predicted molar refractivity (Wildman–Crippen MR) is 128 cm³/mol. The van der Waals surface area contributed by atoms with Crippen molar-refractivity contribution in [2.45, 2.75) is 44.0 Å². The maximum Gasteiger partial charge on any atom is 0.251 e. The molecular formula is C24H27ClN4O3S. The summed E-state index contributed by atoms with van der Waals surface area (Å²) < 4.78 is 29.8. The molecular weight excluding hydrogens is 460 g/mol. The number of hydrogen-bond donors (Lipinski definition) is 1. The molecule has 0 saturated carbocycles. The van der Waals surface area contributed by atoms with Crippen LogP contribution in [0.3, 0.4) is 0 Å². The van der Waals surface area contributed by atoms with E-state index in [1.54, 1.807) is 12.3 Å². The molecule has 0 bridgehead atoms. The second-order valence-electron chi connectivity index (χ2n) is 8.16. The van der Waals surface area contributed by atoms with Crippen LogP contribution in [0.1, 0.15) is 47.4 Å².